The zero-order valence-electron chi connectivity index (χ0n) is 10.9. The Balaban J connectivity index is 2.26. The van der Waals surface area contributed by atoms with Gasteiger partial charge >= 0.3 is 0 Å². The number of aryl methyl sites for hydroxylation is 1. The SMILES string of the molecule is COc1ccc(C)cc1N=C(C)N1CCCC1. The Hall–Kier alpha value is -1.51. The van der Waals surface area contributed by atoms with Gasteiger partial charge in [-0.05, 0) is 44.4 Å². The number of amidine groups is 1. The van der Waals surface area contributed by atoms with E-state index in [1.54, 1.807) is 7.11 Å². The summed E-state index contributed by atoms with van der Waals surface area (Å²) in [6, 6.07) is 6.09. The smallest absolute Gasteiger partial charge is 0.144 e. The molecule has 0 aromatic heterocycles. The van der Waals surface area contributed by atoms with E-state index in [-0.39, 0.29) is 0 Å². The van der Waals surface area contributed by atoms with Crippen LogP contribution in [0.3, 0.4) is 0 Å². The van der Waals surface area contributed by atoms with Crippen LogP contribution >= 0.6 is 0 Å². The summed E-state index contributed by atoms with van der Waals surface area (Å²) in [6.45, 7) is 6.41. The molecule has 0 atom stereocenters. The standard InChI is InChI=1S/C14H20N2O/c1-11-6-7-14(17-3)13(10-11)15-12(2)16-8-4-5-9-16/h6-7,10H,4-5,8-9H2,1-3H3. The Morgan fingerprint density at radius 3 is 2.65 bits per heavy atom. The fourth-order valence-electron chi connectivity index (χ4n) is 2.17. The minimum atomic E-state index is 0.842. The van der Waals surface area contributed by atoms with Crippen molar-refractivity contribution in [3.05, 3.63) is 23.8 Å². The molecule has 3 heteroatoms. The lowest BCUT2D eigenvalue weighted by atomic mass is 10.2. The van der Waals surface area contributed by atoms with Gasteiger partial charge < -0.3 is 9.64 Å². The van der Waals surface area contributed by atoms with E-state index in [1.165, 1.54) is 18.4 Å². The van der Waals surface area contributed by atoms with Crippen LogP contribution in [0.2, 0.25) is 0 Å². The molecular weight excluding hydrogens is 212 g/mol. The van der Waals surface area contributed by atoms with E-state index >= 15 is 0 Å². The Labute approximate surface area is 103 Å². The molecule has 1 aliphatic heterocycles. The molecule has 1 saturated heterocycles. The van der Waals surface area contributed by atoms with Gasteiger partial charge in [0.1, 0.15) is 17.3 Å². The van der Waals surface area contributed by atoms with E-state index in [0.717, 1.165) is 30.4 Å². The summed E-state index contributed by atoms with van der Waals surface area (Å²) in [4.78, 5) is 7.03. The van der Waals surface area contributed by atoms with Gasteiger partial charge in [-0.15, -0.1) is 0 Å². The third kappa shape index (κ3) is 2.78. The lowest BCUT2D eigenvalue weighted by Gasteiger charge is -2.17. The first-order chi connectivity index (χ1) is 8.20. The number of rotatable bonds is 2. The molecular formula is C14H20N2O. The number of hydrogen-bond donors (Lipinski definition) is 0. The van der Waals surface area contributed by atoms with E-state index in [2.05, 4.69) is 24.8 Å². The van der Waals surface area contributed by atoms with Gasteiger partial charge in [0.2, 0.25) is 0 Å². The number of methoxy groups -OCH3 is 1. The summed E-state index contributed by atoms with van der Waals surface area (Å²) in [5.41, 5.74) is 2.13. The van der Waals surface area contributed by atoms with Gasteiger partial charge in [0.25, 0.3) is 0 Å². The van der Waals surface area contributed by atoms with Crippen LogP contribution in [0, 0.1) is 6.92 Å². The van der Waals surface area contributed by atoms with Crippen molar-refractivity contribution in [2.75, 3.05) is 20.2 Å². The second-order valence-corrected chi connectivity index (χ2v) is 4.53. The van der Waals surface area contributed by atoms with Crippen molar-refractivity contribution in [1.82, 2.24) is 4.90 Å². The van der Waals surface area contributed by atoms with Crippen LogP contribution < -0.4 is 4.74 Å². The van der Waals surface area contributed by atoms with Gasteiger partial charge in [-0.2, -0.15) is 0 Å². The molecule has 17 heavy (non-hydrogen) atoms. The molecule has 92 valence electrons. The van der Waals surface area contributed by atoms with Crippen molar-refractivity contribution in [3.63, 3.8) is 0 Å². The minimum absolute atomic E-state index is 0.842. The van der Waals surface area contributed by atoms with Gasteiger partial charge in [-0.3, -0.25) is 0 Å². The maximum atomic E-state index is 5.34. The van der Waals surface area contributed by atoms with Gasteiger partial charge in [0, 0.05) is 13.1 Å². The van der Waals surface area contributed by atoms with Crippen LogP contribution in [-0.4, -0.2) is 30.9 Å². The van der Waals surface area contributed by atoms with E-state index < -0.39 is 0 Å². The maximum Gasteiger partial charge on any atom is 0.144 e. The quantitative estimate of drug-likeness (QED) is 0.578. The van der Waals surface area contributed by atoms with Gasteiger partial charge in [0.05, 0.1) is 7.11 Å². The van der Waals surface area contributed by atoms with Crippen molar-refractivity contribution < 1.29 is 4.74 Å². The average Bonchev–Trinajstić information content (AvgIpc) is 2.83. The second-order valence-electron chi connectivity index (χ2n) is 4.53. The maximum absolute atomic E-state index is 5.34. The van der Waals surface area contributed by atoms with Crippen LogP contribution in [0.15, 0.2) is 23.2 Å². The molecule has 1 aromatic rings. The lowest BCUT2D eigenvalue weighted by molar-refractivity contribution is 0.416. The van der Waals surface area contributed by atoms with Crippen molar-refractivity contribution in [1.29, 1.82) is 0 Å². The Bertz CT molecular complexity index is 420. The highest BCUT2D eigenvalue weighted by Crippen LogP contribution is 2.28. The molecule has 1 aromatic carbocycles. The first-order valence-corrected chi connectivity index (χ1v) is 6.15. The number of hydrogen-bond acceptors (Lipinski definition) is 2. The van der Waals surface area contributed by atoms with E-state index in [1.807, 2.05) is 12.1 Å². The molecule has 0 aliphatic carbocycles. The Kier molecular flexibility index (Phi) is 3.67. The predicted octanol–water partition coefficient (Wildman–Crippen LogP) is 3.15. The first-order valence-electron chi connectivity index (χ1n) is 6.15. The summed E-state index contributed by atoms with van der Waals surface area (Å²) in [6.07, 6.45) is 2.55. The van der Waals surface area contributed by atoms with Crippen molar-refractivity contribution in [3.8, 4) is 5.75 Å². The van der Waals surface area contributed by atoms with Crippen molar-refractivity contribution >= 4 is 11.5 Å². The molecule has 1 heterocycles. The summed E-state index contributed by atoms with van der Waals surface area (Å²) in [5, 5.41) is 0. The third-order valence-electron chi connectivity index (χ3n) is 3.18. The molecule has 0 saturated carbocycles. The highest BCUT2D eigenvalue weighted by atomic mass is 16.5. The molecule has 0 bridgehead atoms. The van der Waals surface area contributed by atoms with Gasteiger partial charge in [-0.1, -0.05) is 6.07 Å². The number of nitrogens with zero attached hydrogens (tertiary/aromatic N) is 2. The van der Waals surface area contributed by atoms with Crippen LogP contribution in [0.1, 0.15) is 25.3 Å². The van der Waals surface area contributed by atoms with E-state index in [4.69, 9.17) is 9.73 Å². The molecule has 2 rings (SSSR count). The fourth-order valence-corrected chi connectivity index (χ4v) is 2.17. The largest absolute Gasteiger partial charge is 0.494 e. The topological polar surface area (TPSA) is 24.8 Å². The highest BCUT2D eigenvalue weighted by molar-refractivity contribution is 5.83. The summed E-state index contributed by atoms with van der Waals surface area (Å²) >= 11 is 0. The molecule has 3 nitrogen and oxygen atoms in total. The van der Waals surface area contributed by atoms with Gasteiger partial charge in [0.15, 0.2) is 0 Å². The average molecular weight is 232 g/mol. The molecule has 0 radical (unpaired) electrons. The van der Waals surface area contributed by atoms with Crippen molar-refractivity contribution in [2.24, 2.45) is 4.99 Å². The number of benzene rings is 1. The first kappa shape index (κ1) is 12.0. The zero-order chi connectivity index (χ0) is 12.3. The third-order valence-corrected chi connectivity index (χ3v) is 3.18. The molecule has 1 aliphatic rings. The zero-order valence-corrected chi connectivity index (χ0v) is 10.9. The van der Waals surface area contributed by atoms with Crippen molar-refractivity contribution in [2.45, 2.75) is 26.7 Å². The molecule has 0 amide bonds. The number of likely N-dealkylation sites (tertiary alicyclic amines) is 1. The summed E-state index contributed by atoms with van der Waals surface area (Å²) in [5.74, 6) is 1.93. The molecule has 0 N–H and O–H groups in total. The molecule has 0 spiro atoms. The summed E-state index contributed by atoms with van der Waals surface area (Å²) < 4.78 is 5.34. The van der Waals surface area contributed by atoms with Crippen LogP contribution in [0.25, 0.3) is 0 Å². The van der Waals surface area contributed by atoms with Crippen LogP contribution in [0.4, 0.5) is 5.69 Å². The summed E-state index contributed by atoms with van der Waals surface area (Å²) in [7, 11) is 1.69. The number of ether oxygens (including phenoxy) is 1. The normalized spacial score (nSPS) is 16.4. The molecule has 1 fully saturated rings. The Morgan fingerprint density at radius 2 is 2.00 bits per heavy atom. The van der Waals surface area contributed by atoms with Crippen LogP contribution in [-0.2, 0) is 0 Å². The predicted molar refractivity (Wildman–Crippen MR) is 71.3 cm³/mol. The Morgan fingerprint density at radius 1 is 1.29 bits per heavy atom. The van der Waals surface area contributed by atoms with E-state index in [9.17, 15) is 0 Å². The molecule has 0 unspecified atom stereocenters. The van der Waals surface area contributed by atoms with Gasteiger partial charge in [-0.25, -0.2) is 4.99 Å². The monoisotopic (exact) mass is 232 g/mol. The fraction of sp³-hybridized carbons (Fsp3) is 0.500. The van der Waals surface area contributed by atoms with E-state index in [0.29, 0.717) is 0 Å². The second kappa shape index (κ2) is 5.21. The highest BCUT2D eigenvalue weighted by Gasteiger charge is 2.13. The lowest BCUT2D eigenvalue weighted by Crippen LogP contribution is -2.24. The minimum Gasteiger partial charge on any atom is -0.494 e. The number of aliphatic imine (C=N–C) groups is 1. The van der Waals surface area contributed by atoms with Crippen LogP contribution in [0.5, 0.6) is 5.75 Å².